The Labute approximate surface area is 226 Å². The Morgan fingerprint density at radius 1 is 1.16 bits per heavy atom. The normalized spacial score (nSPS) is 25.0. The van der Waals surface area contributed by atoms with Gasteiger partial charge in [0.2, 0.25) is 11.8 Å². The fraction of sp³-hybridized carbons (Fsp3) is 0.367. The van der Waals surface area contributed by atoms with E-state index in [1.165, 1.54) is 13.2 Å². The molecule has 2 heterocycles. The van der Waals surface area contributed by atoms with E-state index in [0.717, 1.165) is 34.3 Å². The molecule has 1 N–H and O–H groups in total. The number of hydrogen-bond donors (Lipinski definition) is 1. The summed E-state index contributed by atoms with van der Waals surface area (Å²) in [5, 5.41) is 10.2. The van der Waals surface area contributed by atoms with Gasteiger partial charge in [0.25, 0.3) is 0 Å². The number of imide groups is 3. The van der Waals surface area contributed by atoms with Crippen LogP contribution in [0.15, 0.2) is 59.7 Å². The molecule has 3 aliphatic rings. The molecule has 0 bridgehead atoms. The molecular formula is C30H30ClNO6. The van der Waals surface area contributed by atoms with E-state index < -0.39 is 29.7 Å². The van der Waals surface area contributed by atoms with Gasteiger partial charge in [0.15, 0.2) is 0 Å². The van der Waals surface area contributed by atoms with Crippen LogP contribution in [0.3, 0.4) is 0 Å². The Morgan fingerprint density at radius 3 is 2.61 bits per heavy atom. The number of methoxy groups -OCH3 is 1. The molecule has 38 heavy (non-hydrogen) atoms. The lowest BCUT2D eigenvalue weighted by molar-refractivity contribution is -0.137. The molecule has 2 fully saturated rings. The Balaban J connectivity index is 1.42. The minimum Gasteiger partial charge on any atom is -0.508 e. The van der Waals surface area contributed by atoms with Crippen molar-refractivity contribution in [3.05, 3.63) is 75.8 Å². The molecule has 7 nitrogen and oxygen atoms in total. The third-order valence-corrected chi connectivity index (χ3v) is 8.25. The van der Waals surface area contributed by atoms with E-state index in [9.17, 15) is 19.5 Å². The molecule has 0 radical (unpaired) electrons. The van der Waals surface area contributed by atoms with Crippen molar-refractivity contribution in [2.75, 3.05) is 13.7 Å². The van der Waals surface area contributed by atoms with Crippen LogP contribution < -0.4 is 0 Å². The number of rotatable bonds is 6. The van der Waals surface area contributed by atoms with Gasteiger partial charge in [-0.2, -0.15) is 4.90 Å². The van der Waals surface area contributed by atoms with E-state index in [2.05, 4.69) is 6.92 Å². The fourth-order valence-corrected chi connectivity index (χ4v) is 6.37. The summed E-state index contributed by atoms with van der Waals surface area (Å²) >= 11 is 6.41. The molecule has 1 aliphatic carbocycles. The SMILES string of the molecule is CCC1=C2[C@@H](CC/C(=C/c3ccc(O)cc3Cl)c3ccccc3)OC[C@@H]2[C@@H]2C(=O)N(C(=O)OC)C(=O)[C@@H]2C1. The van der Waals surface area contributed by atoms with Crippen molar-refractivity contribution < 1.29 is 29.0 Å². The van der Waals surface area contributed by atoms with E-state index in [0.29, 0.717) is 35.8 Å². The summed E-state index contributed by atoms with van der Waals surface area (Å²) in [6, 6.07) is 14.9. The van der Waals surface area contributed by atoms with Crippen molar-refractivity contribution >= 4 is 41.2 Å². The summed E-state index contributed by atoms with van der Waals surface area (Å²) in [7, 11) is 1.17. The van der Waals surface area contributed by atoms with Crippen LogP contribution in [0.1, 0.15) is 43.7 Å². The molecule has 8 heteroatoms. The Morgan fingerprint density at radius 2 is 1.92 bits per heavy atom. The maximum atomic E-state index is 13.2. The Kier molecular flexibility index (Phi) is 7.41. The number of likely N-dealkylation sites (tertiary alicyclic amines) is 1. The predicted octanol–water partition coefficient (Wildman–Crippen LogP) is 5.86. The molecule has 5 rings (SSSR count). The smallest absolute Gasteiger partial charge is 0.423 e. The van der Waals surface area contributed by atoms with Gasteiger partial charge in [-0.05, 0) is 72.2 Å². The second-order valence-electron chi connectivity index (χ2n) is 9.94. The first-order chi connectivity index (χ1) is 18.3. The summed E-state index contributed by atoms with van der Waals surface area (Å²) in [5.41, 5.74) is 5.18. The van der Waals surface area contributed by atoms with Gasteiger partial charge in [-0.15, -0.1) is 0 Å². The number of phenolic OH excluding ortho intramolecular Hbond substituents is 1. The molecule has 2 aliphatic heterocycles. The highest BCUT2D eigenvalue weighted by atomic mass is 35.5. The zero-order valence-electron chi connectivity index (χ0n) is 21.4. The van der Waals surface area contributed by atoms with E-state index >= 15 is 0 Å². The average molecular weight is 536 g/mol. The number of allylic oxidation sites excluding steroid dienone is 2. The van der Waals surface area contributed by atoms with Gasteiger partial charge in [-0.1, -0.05) is 54.4 Å². The summed E-state index contributed by atoms with van der Waals surface area (Å²) in [5.74, 6) is -2.23. The molecule has 0 saturated carbocycles. The maximum absolute atomic E-state index is 13.2. The topological polar surface area (TPSA) is 93.1 Å². The van der Waals surface area contributed by atoms with Crippen LogP contribution in [0, 0.1) is 17.8 Å². The molecular weight excluding hydrogens is 506 g/mol. The van der Waals surface area contributed by atoms with Crippen LogP contribution in [0.25, 0.3) is 11.6 Å². The number of fused-ring (bicyclic) bond motifs is 3. The van der Waals surface area contributed by atoms with Crippen molar-refractivity contribution in [2.24, 2.45) is 17.8 Å². The molecule has 3 amide bonds. The summed E-state index contributed by atoms with van der Waals surface area (Å²) in [4.78, 5) is 39.0. The van der Waals surface area contributed by atoms with Crippen molar-refractivity contribution in [2.45, 2.75) is 38.7 Å². The highest BCUT2D eigenvalue weighted by Gasteiger charge is 2.58. The number of carbonyl (C=O) groups excluding carboxylic acids is 3. The van der Waals surface area contributed by atoms with E-state index in [4.69, 9.17) is 21.1 Å². The van der Waals surface area contributed by atoms with Crippen LogP contribution in [-0.2, 0) is 19.1 Å². The first kappa shape index (κ1) is 26.2. The predicted molar refractivity (Wildman–Crippen MR) is 143 cm³/mol. The lowest BCUT2D eigenvalue weighted by Crippen LogP contribution is -2.38. The van der Waals surface area contributed by atoms with Crippen molar-refractivity contribution in [3.63, 3.8) is 0 Å². The van der Waals surface area contributed by atoms with E-state index in [1.807, 2.05) is 36.4 Å². The molecule has 2 aromatic carbocycles. The second kappa shape index (κ2) is 10.8. The number of hydrogen-bond acceptors (Lipinski definition) is 6. The standard InChI is InChI=1S/C30H30ClNO6/c1-3-17-14-22-27(29(35)32(28(22)34)30(36)37-2)23-16-38-25(26(17)23)12-10-19(18-7-5-4-6-8-18)13-20-9-11-21(33)15-24(20)31/h4-9,11,13,15,22-23,25,27,33H,3,10,12,14,16H2,1-2H3/b19-13-/t22-,23+,25-,27-/m1/s1. The number of phenols is 1. The highest BCUT2D eigenvalue weighted by molar-refractivity contribution is 6.32. The number of benzene rings is 2. The van der Waals surface area contributed by atoms with E-state index in [1.54, 1.807) is 12.1 Å². The zero-order valence-corrected chi connectivity index (χ0v) is 22.1. The first-order valence-electron chi connectivity index (χ1n) is 12.9. The van der Waals surface area contributed by atoms with Gasteiger partial charge in [-0.3, -0.25) is 9.59 Å². The van der Waals surface area contributed by atoms with Crippen molar-refractivity contribution in [1.82, 2.24) is 4.90 Å². The van der Waals surface area contributed by atoms with E-state index in [-0.39, 0.29) is 17.8 Å². The molecule has 0 unspecified atom stereocenters. The number of ether oxygens (including phenoxy) is 2. The van der Waals surface area contributed by atoms with Gasteiger partial charge >= 0.3 is 6.09 Å². The zero-order chi connectivity index (χ0) is 27.0. The summed E-state index contributed by atoms with van der Waals surface area (Å²) in [6.45, 7) is 2.39. The largest absolute Gasteiger partial charge is 0.508 e. The van der Waals surface area contributed by atoms with Crippen LogP contribution in [0.2, 0.25) is 5.02 Å². The second-order valence-corrected chi connectivity index (χ2v) is 10.3. The quantitative estimate of drug-likeness (QED) is 0.283. The lowest BCUT2D eigenvalue weighted by atomic mass is 9.69. The molecule has 0 spiro atoms. The number of carbonyl (C=O) groups is 3. The van der Waals surface area contributed by atoms with Crippen LogP contribution in [0.4, 0.5) is 4.79 Å². The minimum absolute atomic E-state index is 0.110. The lowest BCUT2D eigenvalue weighted by Gasteiger charge is -2.31. The summed E-state index contributed by atoms with van der Waals surface area (Å²) < 4.78 is 11.0. The first-order valence-corrected chi connectivity index (χ1v) is 13.3. The van der Waals surface area contributed by atoms with Crippen LogP contribution in [-0.4, -0.2) is 47.7 Å². The van der Waals surface area contributed by atoms with Gasteiger partial charge < -0.3 is 14.6 Å². The van der Waals surface area contributed by atoms with Crippen LogP contribution >= 0.6 is 11.6 Å². The Bertz CT molecular complexity index is 1330. The highest BCUT2D eigenvalue weighted by Crippen LogP contribution is 2.50. The third-order valence-electron chi connectivity index (χ3n) is 7.93. The maximum Gasteiger partial charge on any atom is 0.423 e. The summed E-state index contributed by atoms with van der Waals surface area (Å²) in [6.07, 6.45) is 3.50. The number of amides is 3. The van der Waals surface area contributed by atoms with Gasteiger partial charge in [-0.25, -0.2) is 4.79 Å². The van der Waals surface area contributed by atoms with Gasteiger partial charge in [0.1, 0.15) is 5.75 Å². The molecule has 2 saturated heterocycles. The number of halogens is 1. The molecule has 198 valence electrons. The Hall–Kier alpha value is -3.42. The molecule has 2 aromatic rings. The minimum atomic E-state index is -0.921. The van der Waals surface area contributed by atoms with Crippen molar-refractivity contribution in [3.8, 4) is 5.75 Å². The average Bonchev–Trinajstić information content (AvgIpc) is 3.45. The third kappa shape index (κ3) is 4.65. The number of nitrogens with zero attached hydrogens (tertiary/aromatic N) is 1. The van der Waals surface area contributed by atoms with Crippen molar-refractivity contribution in [1.29, 1.82) is 0 Å². The van der Waals surface area contributed by atoms with Crippen LogP contribution in [0.5, 0.6) is 5.75 Å². The monoisotopic (exact) mass is 535 g/mol. The van der Waals surface area contributed by atoms with Gasteiger partial charge in [0, 0.05) is 5.92 Å². The fourth-order valence-electron chi connectivity index (χ4n) is 6.14. The molecule has 0 aromatic heterocycles. The number of aromatic hydroxyl groups is 1. The van der Waals surface area contributed by atoms with Gasteiger partial charge in [0.05, 0.1) is 36.7 Å². The molecule has 4 atom stereocenters.